The van der Waals surface area contributed by atoms with Gasteiger partial charge in [0.15, 0.2) is 0 Å². The van der Waals surface area contributed by atoms with Gasteiger partial charge in [-0.3, -0.25) is 19.5 Å². The van der Waals surface area contributed by atoms with E-state index < -0.39 is 12.0 Å². The largest absolute Gasteiger partial charge is 0.274 e. The second kappa shape index (κ2) is 7.26. The Kier molecular flexibility index (Phi) is 4.43. The molecule has 5 nitrogen and oxygen atoms in total. The van der Waals surface area contributed by atoms with Crippen LogP contribution in [0.25, 0.3) is 0 Å². The number of anilines is 1. The van der Waals surface area contributed by atoms with Crippen LogP contribution >= 0.6 is 0 Å². The Hall–Kier alpha value is -3.73. The monoisotopic (exact) mass is 395 g/mol. The first-order chi connectivity index (χ1) is 14.7. The third kappa shape index (κ3) is 2.82. The molecule has 3 atom stereocenters. The smallest absolute Gasteiger partial charge is 0.255 e. The van der Waals surface area contributed by atoms with Gasteiger partial charge in [-0.25, -0.2) is 0 Å². The van der Waals surface area contributed by atoms with Crippen molar-refractivity contribution in [3.8, 4) is 0 Å². The number of likely N-dealkylation sites (tertiary alicyclic amines) is 1. The summed E-state index contributed by atoms with van der Waals surface area (Å²) in [6.45, 7) is 1.90. The number of benzene rings is 3. The fourth-order valence-electron chi connectivity index (χ4n) is 4.34. The van der Waals surface area contributed by atoms with Crippen LogP contribution in [0.4, 0.5) is 5.69 Å². The average molecular weight is 395 g/mol. The van der Waals surface area contributed by atoms with E-state index in [9.17, 15) is 9.59 Å². The summed E-state index contributed by atoms with van der Waals surface area (Å²) in [6, 6.07) is 27.9. The van der Waals surface area contributed by atoms with Crippen LogP contribution in [0.5, 0.6) is 0 Å². The molecule has 0 aliphatic carbocycles. The zero-order chi connectivity index (χ0) is 20.7. The van der Waals surface area contributed by atoms with E-state index in [0.717, 1.165) is 16.8 Å². The minimum atomic E-state index is -0.665. The molecule has 2 amide bonds. The lowest BCUT2D eigenvalue weighted by Crippen LogP contribution is -2.40. The van der Waals surface area contributed by atoms with Crippen LogP contribution in [0.15, 0.2) is 96.1 Å². The Labute approximate surface area is 175 Å². The van der Waals surface area contributed by atoms with E-state index in [2.05, 4.69) is 0 Å². The third-order valence-corrected chi connectivity index (χ3v) is 5.84. The van der Waals surface area contributed by atoms with Gasteiger partial charge >= 0.3 is 0 Å². The highest BCUT2D eigenvalue weighted by molar-refractivity contribution is 6.25. The minimum Gasteiger partial charge on any atom is -0.274 e. The molecule has 1 saturated heterocycles. The molecule has 3 aromatic carbocycles. The molecule has 1 fully saturated rings. The second-order valence-electron chi connectivity index (χ2n) is 7.59. The van der Waals surface area contributed by atoms with Crippen molar-refractivity contribution in [3.05, 3.63) is 102 Å². The number of hydrazone groups is 1. The maximum absolute atomic E-state index is 13.6. The molecule has 0 unspecified atom stereocenters. The number of nitrogens with zero attached hydrogens (tertiary/aromatic N) is 3. The van der Waals surface area contributed by atoms with E-state index in [4.69, 9.17) is 5.10 Å². The predicted octanol–water partition coefficient (Wildman–Crippen LogP) is 4.03. The van der Waals surface area contributed by atoms with Crippen LogP contribution in [-0.4, -0.2) is 28.5 Å². The Bertz CT molecular complexity index is 1110. The van der Waals surface area contributed by atoms with Gasteiger partial charge in [0.25, 0.3) is 5.91 Å². The van der Waals surface area contributed by atoms with E-state index in [1.54, 1.807) is 5.01 Å². The fourth-order valence-corrected chi connectivity index (χ4v) is 4.34. The first-order valence-corrected chi connectivity index (χ1v) is 10.1. The van der Waals surface area contributed by atoms with E-state index in [0.29, 0.717) is 5.71 Å². The van der Waals surface area contributed by atoms with Crippen LogP contribution in [-0.2, 0) is 9.59 Å². The Morgan fingerprint density at radius 3 is 1.97 bits per heavy atom. The summed E-state index contributed by atoms with van der Waals surface area (Å²) in [5.74, 6) is -1.02. The summed E-state index contributed by atoms with van der Waals surface area (Å²) in [7, 11) is 0. The number of hydrogen-bond acceptors (Lipinski definition) is 4. The van der Waals surface area contributed by atoms with Crippen LogP contribution in [0, 0.1) is 5.92 Å². The summed E-state index contributed by atoms with van der Waals surface area (Å²) in [5, 5.41) is 6.48. The van der Waals surface area contributed by atoms with Gasteiger partial charge in [0.1, 0.15) is 12.0 Å². The summed E-state index contributed by atoms with van der Waals surface area (Å²) in [5.41, 5.74) is 3.24. The van der Waals surface area contributed by atoms with Gasteiger partial charge in [-0.05, 0) is 30.2 Å². The maximum Gasteiger partial charge on any atom is 0.255 e. The highest BCUT2D eigenvalue weighted by atomic mass is 16.2. The lowest BCUT2D eigenvalue weighted by Gasteiger charge is -2.26. The topological polar surface area (TPSA) is 53.0 Å². The fraction of sp³-hybridized carbons (Fsp3) is 0.160. The molecule has 0 saturated carbocycles. The maximum atomic E-state index is 13.6. The van der Waals surface area contributed by atoms with Gasteiger partial charge in [0.05, 0.1) is 17.4 Å². The molecule has 5 rings (SSSR count). The lowest BCUT2D eigenvalue weighted by atomic mass is 9.93. The van der Waals surface area contributed by atoms with Crippen LogP contribution in [0.2, 0.25) is 0 Å². The van der Waals surface area contributed by atoms with Gasteiger partial charge in [0.2, 0.25) is 5.91 Å². The van der Waals surface area contributed by atoms with Crippen LogP contribution in [0.1, 0.15) is 24.1 Å². The minimum absolute atomic E-state index is 0.192. The van der Waals surface area contributed by atoms with Gasteiger partial charge in [-0.15, -0.1) is 0 Å². The first kappa shape index (κ1) is 18.3. The molecule has 0 aromatic heterocycles. The quantitative estimate of drug-likeness (QED) is 0.627. The Morgan fingerprint density at radius 1 is 0.767 bits per heavy atom. The molecule has 0 radical (unpaired) electrons. The first-order valence-electron chi connectivity index (χ1n) is 10.1. The number of imide groups is 1. The predicted molar refractivity (Wildman–Crippen MR) is 116 cm³/mol. The molecule has 2 aliphatic heterocycles. The van der Waals surface area contributed by atoms with Gasteiger partial charge in [-0.2, -0.15) is 5.10 Å². The van der Waals surface area contributed by atoms with Crippen molar-refractivity contribution < 1.29 is 9.59 Å². The molecular formula is C25H21N3O2. The summed E-state index contributed by atoms with van der Waals surface area (Å²) in [6.07, 6.45) is 0. The zero-order valence-electron chi connectivity index (χ0n) is 16.6. The van der Waals surface area contributed by atoms with Crippen molar-refractivity contribution in [3.63, 3.8) is 0 Å². The SMILES string of the molecule is C[C@H](c1ccccc1)N1C(=O)[C@H]2C(c3ccccc3)=NN(c3ccccc3)[C@H]2C1=O. The number of para-hydroxylation sites is 1. The third-order valence-electron chi connectivity index (χ3n) is 5.84. The summed E-state index contributed by atoms with van der Waals surface area (Å²) >= 11 is 0. The number of carbonyl (C=O) groups excluding carboxylic acids is 2. The van der Waals surface area contributed by atoms with Crippen molar-refractivity contribution in [2.24, 2.45) is 11.0 Å². The average Bonchev–Trinajstić information content (AvgIpc) is 3.32. The van der Waals surface area contributed by atoms with Crippen molar-refractivity contribution in [1.29, 1.82) is 0 Å². The highest BCUT2D eigenvalue weighted by Crippen LogP contribution is 2.40. The summed E-state index contributed by atoms with van der Waals surface area (Å²) < 4.78 is 0. The second-order valence-corrected chi connectivity index (χ2v) is 7.59. The van der Waals surface area contributed by atoms with E-state index >= 15 is 0 Å². The van der Waals surface area contributed by atoms with Crippen molar-refractivity contribution in [1.82, 2.24) is 4.90 Å². The molecule has 0 spiro atoms. The van der Waals surface area contributed by atoms with Gasteiger partial charge in [-0.1, -0.05) is 78.9 Å². The number of amides is 2. The van der Waals surface area contributed by atoms with E-state index in [-0.39, 0.29) is 17.9 Å². The number of hydrogen-bond donors (Lipinski definition) is 0. The highest BCUT2D eigenvalue weighted by Gasteiger charge is 2.57. The molecule has 3 aromatic rings. The number of fused-ring (bicyclic) bond motifs is 1. The molecular weight excluding hydrogens is 374 g/mol. The molecule has 0 N–H and O–H groups in total. The molecule has 5 heteroatoms. The zero-order valence-corrected chi connectivity index (χ0v) is 16.6. The lowest BCUT2D eigenvalue weighted by molar-refractivity contribution is -0.141. The number of carbonyl (C=O) groups is 2. The molecule has 30 heavy (non-hydrogen) atoms. The molecule has 0 bridgehead atoms. The van der Waals surface area contributed by atoms with Crippen molar-refractivity contribution >= 4 is 23.2 Å². The van der Waals surface area contributed by atoms with Crippen molar-refractivity contribution in [2.75, 3.05) is 5.01 Å². The van der Waals surface area contributed by atoms with Crippen LogP contribution in [0.3, 0.4) is 0 Å². The molecule has 2 aliphatic rings. The Balaban J connectivity index is 1.60. The van der Waals surface area contributed by atoms with Gasteiger partial charge in [0, 0.05) is 0 Å². The van der Waals surface area contributed by atoms with E-state index in [1.807, 2.05) is 97.9 Å². The summed E-state index contributed by atoms with van der Waals surface area (Å²) in [4.78, 5) is 28.5. The van der Waals surface area contributed by atoms with E-state index in [1.165, 1.54) is 4.90 Å². The molecule has 148 valence electrons. The normalized spacial score (nSPS) is 21.6. The Morgan fingerprint density at radius 2 is 1.33 bits per heavy atom. The van der Waals surface area contributed by atoms with Crippen LogP contribution < -0.4 is 5.01 Å². The van der Waals surface area contributed by atoms with Gasteiger partial charge < -0.3 is 0 Å². The number of rotatable bonds is 4. The standard InChI is InChI=1S/C25H21N3O2/c1-17(18-11-5-2-6-12-18)27-24(29)21-22(19-13-7-3-8-14-19)26-28(23(21)25(27)30)20-15-9-4-10-16-20/h2-17,21,23H,1H3/t17-,21+,23-/m1/s1. The molecule has 2 heterocycles. The van der Waals surface area contributed by atoms with Crippen molar-refractivity contribution in [2.45, 2.75) is 19.0 Å².